The Morgan fingerprint density at radius 1 is 0.889 bits per heavy atom. The van der Waals surface area contributed by atoms with Crippen LogP contribution in [-0.4, -0.2) is 35.5 Å². The van der Waals surface area contributed by atoms with Gasteiger partial charge in [0.1, 0.15) is 12.1 Å². The van der Waals surface area contributed by atoms with Crippen LogP contribution in [0.15, 0.2) is 0 Å². The van der Waals surface area contributed by atoms with E-state index in [0.717, 1.165) is 0 Å². The smallest absolute Gasteiger partial charge is 0.342 e. The van der Waals surface area contributed by atoms with E-state index in [9.17, 15) is 9.59 Å². The normalized spacial score (nSPS) is 11.8. The molecule has 0 bridgehead atoms. The summed E-state index contributed by atoms with van der Waals surface area (Å²) in [5, 5.41) is 0. The molecule has 0 aromatic carbocycles. The van der Waals surface area contributed by atoms with Crippen LogP contribution < -0.4 is 23.3 Å². The zero-order chi connectivity index (χ0) is 15.1. The number of carbonyl (C=O) groups excluding carboxylic acids is 2. The first-order valence-corrected chi connectivity index (χ1v) is 7.05. The fourth-order valence-corrected chi connectivity index (χ4v) is 0.622. The van der Waals surface area contributed by atoms with Crippen LogP contribution >= 0.6 is 48.6 Å². The third-order valence-corrected chi connectivity index (χ3v) is 2.02. The van der Waals surface area contributed by atoms with Crippen LogP contribution in [0, 0.1) is 0 Å². The molecule has 0 aromatic heterocycles. The highest BCUT2D eigenvalue weighted by Gasteiger charge is 2.10. The number of thiol groups is 4. The predicted molar refractivity (Wildman–Crippen MR) is 82.2 cm³/mol. The van der Waals surface area contributed by atoms with Crippen LogP contribution in [0.2, 0.25) is 0 Å². The summed E-state index contributed by atoms with van der Waals surface area (Å²) in [7, 11) is 0. The van der Waals surface area contributed by atoms with Gasteiger partial charge >= 0.3 is 11.9 Å². The molecule has 0 saturated heterocycles. The molecule has 0 rings (SSSR count). The van der Waals surface area contributed by atoms with Gasteiger partial charge in [0, 0.05) is 11.5 Å². The predicted octanol–water partition coefficient (Wildman–Crippen LogP) is -1.92. The Morgan fingerprint density at radius 2 is 1.11 bits per heavy atom. The van der Waals surface area contributed by atoms with Gasteiger partial charge in [0.05, 0.1) is 0 Å². The van der Waals surface area contributed by atoms with Crippen molar-refractivity contribution in [2.24, 2.45) is 23.3 Å². The standard InChI is InChI=1S/2C3H8N2O2S.H2S2/c2*4-2(1-8)3(6)7-5;1-2/h2*2,8H,1,4-5H2;1-2H/t2*2-;/m00./s1. The Labute approximate surface area is 126 Å². The highest BCUT2D eigenvalue weighted by atomic mass is 33.1. The molecule has 0 radical (unpaired) electrons. The molecule has 0 saturated carbocycles. The second-order valence-electron chi connectivity index (χ2n) is 2.45. The summed E-state index contributed by atoms with van der Waals surface area (Å²) in [5.41, 5.74) is 10.2. The van der Waals surface area contributed by atoms with Crippen LogP contribution in [0.25, 0.3) is 0 Å². The molecular formula is C6H18N4O4S4. The maximum atomic E-state index is 10.2. The molecule has 0 unspecified atom stereocenters. The van der Waals surface area contributed by atoms with Crippen LogP contribution in [0.1, 0.15) is 0 Å². The highest BCUT2D eigenvalue weighted by molar-refractivity contribution is 8.59. The number of nitrogens with two attached hydrogens (primary N) is 4. The van der Waals surface area contributed by atoms with E-state index in [-0.39, 0.29) is 11.5 Å². The van der Waals surface area contributed by atoms with E-state index >= 15 is 0 Å². The Bertz CT molecular complexity index is 202. The molecule has 0 aliphatic rings. The molecule has 8 nitrogen and oxygen atoms in total. The topological polar surface area (TPSA) is 157 Å². The van der Waals surface area contributed by atoms with Crippen LogP contribution in [0.5, 0.6) is 0 Å². The largest absolute Gasteiger partial charge is 0.372 e. The van der Waals surface area contributed by atoms with Crippen molar-refractivity contribution < 1.29 is 19.3 Å². The first-order valence-electron chi connectivity index (χ1n) is 4.18. The summed E-state index contributed by atoms with van der Waals surface area (Å²) in [5.74, 6) is 8.18. The molecule has 0 heterocycles. The van der Waals surface area contributed by atoms with Gasteiger partial charge in [-0.2, -0.15) is 37.1 Å². The van der Waals surface area contributed by atoms with Gasteiger partial charge < -0.3 is 21.1 Å². The first kappa shape index (κ1) is 23.3. The first-order chi connectivity index (χ1) is 8.44. The van der Waals surface area contributed by atoms with Crippen molar-refractivity contribution in [2.75, 3.05) is 11.5 Å². The molecule has 0 amide bonds. The molecule has 0 aromatic rings. The summed E-state index contributed by atoms with van der Waals surface area (Å²) in [4.78, 5) is 28.0. The minimum atomic E-state index is -0.705. The Hall–Kier alpha value is 0.180. The third-order valence-electron chi connectivity index (χ3n) is 1.23. The Morgan fingerprint density at radius 3 is 1.17 bits per heavy atom. The quantitative estimate of drug-likeness (QED) is 0.167. The fourth-order valence-electron chi connectivity index (χ4n) is 0.324. The summed E-state index contributed by atoms with van der Waals surface area (Å²) < 4.78 is 0. The van der Waals surface area contributed by atoms with Gasteiger partial charge in [-0.05, 0) is 0 Å². The van der Waals surface area contributed by atoms with Gasteiger partial charge in [0.25, 0.3) is 0 Å². The lowest BCUT2D eigenvalue weighted by atomic mass is 10.4. The van der Waals surface area contributed by atoms with Crippen LogP contribution in [0.3, 0.4) is 0 Å². The Kier molecular flexibility index (Phi) is 22.2. The molecule has 18 heavy (non-hydrogen) atoms. The van der Waals surface area contributed by atoms with E-state index in [0.29, 0.717) is 0 Å². The molecule has 12 heteroatoms. The van der Waals surface area contributed by atoms with E-state index in [1.54, 1.807) is 0 Å². The van der Waals surface area contributed by atoms with Gasteiger partial charge in [-0.15, -0.1) is 23.3 Å². The fraction of sp³-hybridized carbons (Fsp3) is 0.667. The lowest BCUT2D eigenvalue weighted by molar-refractivity contribution is -0.145. The maximum absolute atomic E-state index is 10.2. The zero-order valence-electron chi connectivity index (χ0n) is 9.30. The van der Waals surface area contributed by atoms with Gasteiger partial charge in [-0.3, -0.25) is 0 Å². The summed E-state index contributed by atoms with van der Waals surface area (Å²) in [6.45, 7) is 0. The minimum absolute atomic E-state index is 0.246. The number of hydrogen-bond acceptors (Lipinski definition) is 12. The average molecular weight is 339 g/mol. The number of carbonyl (C=O) groups is 2. The minimum Gasteiger partial charge on any atom is -0.372 e. The van der Waals surface area contributed by atoms with Crippen molar-refractivity contribution in [1.82, 2.24) is 0 Å². The lowest BCUT2D eigenvalue weighted by Gasteiger charge is -2.01. The van der Waals surface area contributed by atoms with Crippen LogP contribution in [0.4, 0.5) is 0 Å². The van der Waals surface area contributed by atoms with E-state index in [1.165, 1.54) is 0 Å². The van der Waals surface area contributed by atoms with Crippen molar-refractivity contribution in [3.05, 3.63) is 0 Å². The highest BCUT2D eigenvalue weighted by Crippen LogP contribution is 1.84. The Balaban J connectivity index is -0.000000219. The molecular weight excluding hydrogens is 320 g/mol. The van der Waals surface area contributed by atoms with Gasteiger partial charge in [-0.25, -0.2) is 9.59 Å². The maximum Gasteiger partial charge on any atom is 0.342 e. The average Bonchev–Trinajstić information content (AvgIpc) is 2.46. The molecule has 8 N–H and O–H groups in total. The molecule has 0 aliphatic carbocycles. The second-order valence-corrected chi connectivity index (χ2v) is 3.18. The molecule has 0 aliphatic heterocycles. The van der Waals surface area contributed by atoms with Crippen molar-refractivity contribution >= 4 is 60.5 Å². The van der Waals surface area contributed by atoms with Crippen molar-refractivity contribution in [3.63, 3.8) is 0 Å². The van der Waals surface area contributed by atoms with Gasteiger partial charge in [-0.1, -0.05) is 0 Å². The molecule has 2 atom stereocenters. The van der Waals surface area contributed by atoms with Gasteiger partial charge in [0.2, 0.25) is 0 Å². The van der Waals surface area contributed by atoms with Crippen molar-refractivity contribution in [1.29, 1.82) is 0 Å². The number of rotatable bonds is 4. The second kappa shape index (κ2) is 17.2. The molecule has 0 fully saturated rings. The lowest BCUT2D eigenvalue weighted by Crippen LogP contribution is -2.35. The zero-order valence-corrected chi connectivity index (χ0v) is 12.9. The SMILES string of the molecule is NOC(=O)[C@@H](N)CS.NOC(=O)[C@@H](N)CS.SS. The van der Waals surface area contributed by atoms with E-state index < -0.39 is 24.0 Å². The van der Waals surface area contributed by atoms with E-state index in [1.807, 2.05) is 0 Å². The third kappa shape index (κ3) is 14.2. The van der Waals surface area contributed by atoms with Crippen LogP contribution in [-0.2, 0) is 19.3 Å². The molecule has 0 spiro atoms. The van der Waals surface area contributed by atoms with Crippen molar-refractivity contribution in [2.45, 2.75) is 12.1 Å². The molecule has 110 valence electrons. The van der Waals surface area contributed by atoms with E-state index in [4.69, 9.17) is 11.5 Å². The summed E-state index contributed by atoms with van der Waals surface area (Å²) >= 11 is 13.9. The summed E-state index contributed by atoms with van der Waals surface area (Å²) in [6.07, 6.45) is 0. The monoisotopic (exact) mass is 338 g/mol. The van der Waals surface area contributed by atoms with Gasteiger partial charge in [0.15, 0.2) is 0 Å². The summed E-state index contributed by atoms with van der Waals surface area (Å²) in [6, 6.07) is -1.41. The number of hydrogen-bond donors (Lipinski definition) is 8. The van der Waals surface area contributed by atoms with Crippen molar-refractivity contribution in [3.8, 4) is 0 Å². The van der Waals surface area contributed by atoms with E-state index in [2.05, 4.69) is 70.0 Å².